The van der Waals surface area contributed by atoms with Crippen molar-refractivity contribution in [2.24, 2.45) is 0 Å². The molecule has 1 nitrogen and oxygen atoms in total. The Hall–Kier alpha value is -6.52. The van der Waals surface area contributed by atoms with Crippen molar-refractivity contribution in [1.82, 2.24) is 0 Å². The van der Waals surface area contributed by atoms with E-state index in [1.54, 1.807) is 0 Å². The lowest BCUT2D eigenvalue weighted by molar-refractivity contribution is 0.812. The Labute approximate surface area is 353 Å². The molecule has 59 heavy (non-hydrogen) atoms. The molecule has 2 aromatic heterocycles. The maximum Gasteiger partial charge on any atom is 0.0554 e. The first-order chi connectivity index (χ1) is 29.1. The minimum Gasteiger partial charge on any atom is -0.310 e. The van der Waals surface area contributed by atoms with Crippen LogP contribution in [0.1, 0.15) is 33.7 Å². The summed E-state index contributed by atoms with van der Waals surface area (Å²) in [4.78, 5) is 2.48. The zero-order chi connectivity index (χ0) is 39.5. The summed E-state index contributed by atoms with van der Waals surface area (Å²) >= 11 is 3.80. The van der Waals surface area contributed by atoms with E-state index in [0.717, 1.165) is 17.8 Å². The third kappa shape index (κ3) is 6.39. The van der Waals surface area contributed by atoms with Crippen molar-refractivity contribution in [2.45, 2.75) is 26.2 Å². The average molecular weight is 792 g/mol. The predicted molar refractivity (Wildman–Crippen MR) is 258 cm³/mol. The van der Waals surface area contributed by atoms with Gasteiger partial charge in [0.05, 0.1) is 5.69 Å². The normalized spacial score (nSPS) is 12.2. The van der Waals surface area contributed by atoms with E-state index in [1.165, 1.54) is 95.7 Å². The molecule has 0 aliphatic carbocycles. The minimum atomic E-state index is 0.186. The van der Waals surface area contributed by atoms with Gasteiger partial charge in [-0.1, -0.05) is 157 Å². The van der Waals surface area contributed by atoms with Crippen LogP contribution in [0.3, 0.4) is 0 Å². The van der Waals surface area contributed by atoms with Crippen LogP contribution in [0.5, 0.6) is 0 Å². The Bertz CT molecular complexity index is 3340. The number of benzene rings is 9. The number of hydrogen-bond acceptors (Lipinski definition) is 3. The number of thiophene rings is 2. The molecule has 9 aromatic carbocycles. The van der Waals surface area contributed by atoms with Crippen molar-refractivity contribution in [1.29, 1.82) is 0 Å². The first kappa shape index (κ1) is 35.6. The summed E-state index contributed by atoms with van der Waals surface area (Å²) in [6.45, 7) is 4.41. The van der Waals surface area contributed by atoms with Crippen LogP contribution >= 0.6 is 22.7 Å². The molecule has 0 radical (unpaired) electrons. The molecule has 11 aromatic rings. The van der Waals surface area contributed by atoms with Gasteiger partial charge in [-0.3, -0.25) is 0 Å². The molecule has 0 saturated heterocycles. The molecule has 3 heteroatoms. The molecule has 2 heterocycles. The number of nitrogens with zero attached hydrogens (tertiary/aromatic N) is 1. The second-order valence-electron chi connectivity index (χ2n) is 15.8. The molecule has 11 rings (SSSR count). The van der Waals surface area contributed by atoms with Gasteiger partial charge in [-0.05, 0) is 107 Å². The van der Waals surface area contributed by atoms with Crippen LogP contribution in [0.2, 0.25) is 0 Å². The highest BCUT2D eigenvalue weighted by Gasteiger charge is 2.24. The third-order valence-electron chi connectivity index (χ3n) is 11.9. The van der Waals surface area contributed by atoms with Crippen molar-refractivity contribution >= 4 is 90.9 Å². The summed E-state index contributed by atoms with van der Waals surface area (Å²) in [5.74, 6) is 0.186. The molecule has 1 atom stereocenters. The number of fused-ring (bicyclic) bond motifs is 8. The Morgan fingerprint density at radius 1 is 0.458 bits per heavy atom. The fourth-order valence-corrected chi connectivity index (χ4v) is 11.6. The summed E-state index contributed by atoms with van der Waals surface area (Å²) in [6, 6.07) is 72.3. The van der Waals surface area contributed by atoms with Crippen LogP contribution in [0.4, 0.5) is 17.1 Å². The maximum atomic E-state index is 2.49. The molecule has 0 amide bonds. The molecule has 282 valence electrons. The largest absolute Gasteiger partial charge is 0.310 e. The predicted octanol–water partition coefficient (Wildman–Crippen LogP) is 16.7. The lowest BCUT2D eigenvalue weighted by Gasteiger charge is -2.27. The first-order valence-electron chi connectivity index (χ1n) is 20.4. The van der Waals surface area contributed by atoms with Gasteiger partial charge in [0.15, 0.2) is 0 Å². The van der Waals surface area contributed by atoms with Crippen molar-refractivity contribution in [3.05, 3.63) is 222 Å². The minimum absolute atomic E-state index is 0.186. The highest BCUT2D eigenvalue weighted by atomic mass is 32.1. The quantitative estimate of drug-likeness (QED) is 0.148. The third-order valence-corrected chi connectivity index (χ3v) is 14.3. The monoisotopic (exact) mass is 791 g/mol. The maximum absolute atomic E-state index is 2.49. The van der Waals surface area contributed by atoms with Crippen molar-refractivity contribution in [3.63, 3.8) is 0 Å². The van der Waals surface area contributed by atoms with Crippen molar-refractivity contribution in [2.75, 3.05) is 4.90 Å². The van der Waals surface area contributed by atoms with Crippen LogP contribution in [0.15, 0.2) is 194 Å². The van der Waals surface area contributed by atoms with E-state index in [0.29, 0.717) is 0 Å². The van der Waals surface area contributed by atoms with E-state index in [9.17, 15) is 0 Å². The number of anilines is 3. The number of hydrogen-bond donors (Lipinski definition) is 0. The molecule has 0 aliphatic heterocycles. The van der Waals surface area contributed by atoms with Gasteiger partial charge < -0.3 is 4.90 Å². The SMILES string of the molecule is Cc1cccc(CC(c2cccc(C)c2)c2cc3ccccc3c3sc4cc(N(c5ccc(-c6ccccc6)cc5)c5cccc6sc7ccccc7c56)ccc4c23)c1. The van der Waals surface area contributed by atoms with Gasteiger partial charge in [0.2, 0.25) is 0 Å². The highest BCUT2D eigenvalue weighted by molar-refractivity contribution is 7.27. The lowest BCUT2D eigenvalue weighted by atomic mass is 9.82. The van der Waals surface area contributed by atoms with E-state index in [1.807, 2.05) is 22.7 Å². The van der Waals surface area contributed by atoms with Crippen LogP contribution in [-0.4, -0.2) is 0 Å². The van der Waals surface area contributed by atoms with Crippen molar-refractivity contribution in [3.8, 4) is 11.1 Å². The second kappa shape index (κ2) is 14.7. The number of rotatable bonds is 8. The summed E-state index contributed by atoms with van der Waals surface area (Å²) in [5, 5.41) is 7.88. The second-order valence-corrected chi connectivity index (χ2v) is 18.0. The van der Waals surface area contributed by atoms with Gasteiger partial charge in [0.25, 0.3) is 0 Å². The lowest BCUT2D eigenvalue weighted by Crippen LogP contribution is -2.10. The standard InChI is InChI=1S/C56H41NS2/c1-36-13-10-15-38(31-36)33-48(41-19-11-14-37(2)32-41)49-34-42-18-6-7-20-45(42)56-54(49)47-30-29-44(35-53(47)59-56)57(43-27-25-40(26-28-43)39-16-4-3-5-17-39)50-22-12-24-52-55(50)46-21-8-9-23-51(46)58-52/h3-32,34-35,48H,33H2,1-2H3. The van der Waals surface area contributed by atoms with Crippen LogP contribution < -0.4 is 4.90 Å². The molecule has 0 saturated carbocycles. The Morgan fingerprint density at radius 2 is 1.14 bits per heavy atom. The van der Waals surface area contributed by atoms with Gasteiger partial charge in [0, 0.05) is 57.6 Å². The molecule has 1 unspecified atom stereocenters. The van der Waals surface area contributed by atoms with Gasteiger partial charge in [-0.25, -0.2) is 0 Å². The van der Waals surface area contributed by atoms with E-state index in [4.69, 9.17) is 0 Å². The Balaban J connectivity index is 1.14. The van der Waals surface area contributed by atoms with Gasteiger partial charge in [-0.15, -0.1) is 22.7 Å². The highest BCUT2D eigenvalue weighted by Crippen LogP contribution is 2.49. The van der Waals surface area contributed by atoms with Crippen LogP contribution in [-0.2, 0) is 6.42 Å². The van der Waals surface area contributed by atoms with Crippen LogP contribution in [0.25, 0.3) is 62.2 Å². The molecule has 0 spiro atoms. The fourth-order valence-electron chi connectivity index (χ4n) is 9.22. The zero-order valence-electron chi connectivity index (χ0n) is 33.0. The fraction of sp³-hybridized carbons (Fsp3) is 0.0714. The first-order valence-corrected chi connectivity index (χ1v) is 22.0. The van der Waals surface area contributed by atoms with E-state index in [-0.39, 0.29) is 5.92 Å². The molecule has 0 bridgehead atoms. The summed E-state index contributed by atoms with van der Waals surface area (Å²) in [6.07, 6.45) is 0.930. The van der Waals surface area contributed by atoms with E-state index in [2.05, 4.69) is 213 Å². The molecule has 0 aliphatic rings. The summed E-state index contributed by atoms with van der Waals surface area (Å²) < 4.78 is 5.26. The van der Waals surface area contributed by atoms with Gasteiger partial charge >= 0.3 is 0 Å². The van der Waals surface area contributed by atoms with E-state index >= 15 is 0 Å². The Morgan fingerprint density at radius 3 is 1.97 bits per heavy atom. The Kier molecular flexibility index (Phi) is 8.87. The van der Waals surface area contributed by atoms with Gasteiger partial charge in [-0.2, -0.15) is 0 Å². The molecular weight excluding hydrogens is 751 g/mol. The van der Waals surface area contributed by atoms with Crippen LogP contribution in [0, 0.1) is 13.8 Å². The molecule has 0 fully saturated rings. The zero-order valence-corrected chi connectivity index (χ0v) is 34.7. The van der Waals surface area contributed by atoms with E-state index < -0.39 is 0 Å². The topological polar surface area (TPSA) is 3.24 Å². The van der Waals surface area contributed by atoms with Gasteiger partial charge in [0.1, 0.15) is 0 Å². The van der Waals surface area contributed by atoms with Crippen molar-refractivity contribution < 1.29 is 0 Å². The number of aryl methyl sites for hydroxylation is 2. The summed E-state index contributed by atoms with van der Waals surface area (Å²) in [5.41, 5.74) is 12.6. The molecular formula is C56H41NS2. The average Bonchev–Trinajstić information content (AvgIpc) is 3.85. The smallest absolute Gasteiger partial charge is 0.0554 e. The summed E-state index contributed by atoms with van der Waals surface area (Å²) in [7, 11) is 0. The molecule has 0 N–H and O–H groups in total.